The van der Waals surface area contributed by atoms with Crippen molar-refractivity contribution in [2.24, 2.45) is 0 Å². The first-order valence-corrected chi connectivity index (χ1v) is 5.63. The number of hydrogen-bond acceptors (Lipinski definition) is 1. The van der Waals surface area contributed by atoms with Crippen molar-refractivity contribution in [1.29, 1.82) is 0 Å². The predicted octanol–water partition coefficient (Wildman–Crippen LogP) is 0.463. The normalized spacial score (nSPS) is 10.8. The topological polar surface area (TPSA) is 9.23 Å². The van der Waals surface area contributed by atoms with Crippen molar-refractivity contribution in [2.45, 2.75) is 6.61 Å². The summed E-state index contributed by atoms with van der Waals surface area (Å²) in [7, 11) is 0. The first-order chi connectivity index (χ1) is 8.97. The fourth-order valence-electron chi connectivity index (χ4n) is 1.64. The Kier molecular flexibility index (Phi) is 6.74. The first-order valence-electron chi connectivity index (χ1n) is 5.63. The Morgan fingerprint density at radius 3 is 2.20 bits per heavy atom. The minimum Gasteiger partial charge on any atom is -0.492 e. The molecule has 0 spiro atoms. The molecule has 7 heteroatoms. The zero-order valence-electron chi connectivity index (χ0n) is 10.8. The van der Waals surface area contributed by atoms with Crippen LogP contribution in [-0.2, 0) is 6.61 Å². The van der Waals surface area contributed by atoms with Crippen LogP contribution in [0.5, 0.6) is 5.75 Å². The van der Waals surface area contributed by atoms with E-state index in [0.29, 0.717) is 11.6 Å². The predicted molar refractivity (Wildman–Crippen MR) is 65.9 cm³/mol. The van der Waals surface area contributed by atoms with Gasteiger partial charge in [0.2, 0.25) is 0 Å². The number of halogens is 4. The summed E-state index contributed by atoms with van der Waals surface area (Å²) in [5.41, 5.74) is -0.204. The quantitative estimate of drug-likeness (QED) is 0.589. The smallest absolute Gasteiger partial charge is 0.492 e. The maximum atomic E-state index is 13.0. The number of rotatable bonds is 4. The Balaban J connectivity index is 0.00000200. The second-order valence-electron chi connectivity index (χ2n) is 4.03. The van der Waals surface area contributed by atoms with Crippen molar-refractivity contribution in [3.05, 3.63) is 59.9 Å². The summed E-state index contributed by atoms with van der Waals surface area (Å²) in [4.78, 5) is 0. The maximum absolute atomic E-state index is 13.0. The van der Waals surface area contributed by atoms with Gasteiger partial charge < -0.3 is 17.7 Å². The van der Waals surface area contributed by atoms with E-state index in [9.17, 15) is 17.3 Å². The van der Waals surface area contributed by atoms with Gasteiger partial charge in [-0.05, 0) is 11.6 Å². The Morgan fingerprint density at radius 2 is 1.60 bits per heavy atom. The average molecular weight is 308 g/mol. The molecule has 0 aliphatic carbocycles. The molecular formula is C13H10BF4KO. The number of benzene rings is 2. The monoisotopic (exact) mass is 308 g/mol. The van der Waals surface area contributed by atoms with Crippen LogP contribution in [0.1, 0.15) is 5.56 Å². The molecule has 0 N–H and O–H groups in total. The Labute approximate surface area is 156 Å². The van der Waals surface area contributed by atoms with Crippen LogP contribution in [-0.4, -0.2) is 6.98 Å². The summed E-state index contributed by atoms with van der Waals surface area (Å²) in [5.74, 6) is -1.23. The van der Waals surface area contributed by atoms with Gasteiger partial charge in [0.1, 0.15) is 12.4 Å². The molecule has 2 aromatic rings. The van der Waals surface area contributed by atoms with Crippen molar-refractivity contribution in [3.63, 3.8) is 0 Å². The van der Waals surface area contributed by atoms with Gasteiger partial charge >= 0.3 is 58.4 Å². The van der Waals surface area contributed by atoms with Gasteiger partial charge in [-0.1, -0.05) is 41.9 Å². The molecule has 0 radical (unpaired) electrons. The molecule has 20 heavy (non-hydrogen) atoms. The second kappa shape index (κ2) is 7.61. The van der Waals surface area contributed by atoms with E-state index in [2.05, 4.69) is 0 Å². The average Bonchev–Trinajstić information content (AvgIpc) is 2.36. The van der Waals surface area contributed by atoms with Gasteiger partial charge in [0.15, 0.2) is 0 Å². The van der Waals surface area contributed by atoms with Crippen LogP contribution in [0.2, 0.25) is 0 Å². The maximum Gasteiger partial charge on any atom is 1.00 e. The van der Waals surface area contributed by atoms with E-state index < -0.39 is 24.0 Å². The molecule has 0 amide bonds. The van der Waals surface area contributed by atoms with Crippen molar-refractivity contribution < 1.29 is 73.5 Å². The van der Waals surface area contributed by atoms with Gasteiger partial charge in [0.25, 0.3) is 0 Å². The molecule has 2 aromatic carbocycles. The molecule has 0 aliphatic heterocycles. The van der Waals surface area contributed by atoms with Crippen LogP contribution in [0.4, 0.5) is 17.3 Å². The molecular weight excluding hydrogens is 298 g/mol. The fraction of sp³-hybridized carbons (Fsp3) is 0.0769. The minimum atomic E-state index is -5.23. The van der Waals surface area contributed by atoms with E-state index in [0.717, 1.165) is 12.1 Å². The van der Waals surface area contributed by atoms with Crippen LogP contribution >= 0.6 is 0 Å². The molecule has 0 bridgehead atoms. The van der Waals surface area contributed by atoms with Crippen LogP contribution in [0.15, 0.2) is 48.5 Å². The Morgan fingerprint density at radius 1 is 0.950 bits per heavy atom. The summed E-state index contributed by atoms with van der Waals surface area (Å²) >= 11 is 0. The Hall–Kier alpha value is -0.339. The van der Waals surface area contributed by atoms with Crippen LogP contribution in [0, 0.1) is 5.82 Å². The first kappa shape index (κ1) is 17.7. The van der Waals surface area contributed by atoms with E-state index in [1.54, 1.807) is 30.3 Å². The molecule has 0 heterocycles. The molecule has 100 valence electrons. The van der Waals surface area contributed by atoms with E-state index >= 15 is 0 Å². The third-order valence-electron chi connectivity index (χ3n) is 2.57. The molecule has 0 fully saturated rings. The van der Waals surface area contributed by atoms with Gasteiger partial charge in [-0.15, -0.1) is 0 Å². The third-order valence-corrected chi connectivity index (χ3v) is 2.57. The van der Waals surface area contributed by atoms with Crippen LogP contribution in [0.25, 0.3) is 0 Å². The van der Waals surface area contributed by atoms with Gasteiger partial charge in [0.05, 0.1) is 5.75 Å². The second-order valence-corrected chi connectivity index (χ2v) is 4.03. The van der Waals surface area contributed by atoms with E-state index in [1.165, 1.54) is 0 Å². The zero-order chi connectivity index (χ0) is 13.9. The summed E-state index contributed by atoms with van der Waals surface area (Å²) in [6, 6.07) is 11.0. The van der Waals surface area contributed by atoms with Gasteiger partial charge in [-0.25, -0.2) is 4.39 Å². The largest absolute Gasteiger partial charge is 1.00 e. The van der Waals surface area contributed by atoms with Crippen LogP contribution in [0.3, 0.4) is 0 Å². The van der Waals surface area contributed by atoms with Crippen molar-refractivity contribution in [2.75, 3.05) is 0 Å². The molecule has 0 saturated carbocycles. The van der Waals surface area contributed by atoms with E-state index in [1.807, 2.05) is 0 Å². The standard InChI is InChI=1S/C13H10BF4O.K/c15-11-6-7-12(14(16,17)18)13(8-11)19-9-10-4-2-1-3-5-10;/h1-8H,9H2;/q-1;+1. The van der Waals surface area contributed by atoms with Crippen molar-refractivity contribution in [1.82, 2.24) is 0 Å². The fourth-order valence-corrected chi connectivity index (χ4v) is 1.64. The van der Waals surface area contributed by atoms with Crippen molar-refractivity contribution in [3.8, 4) is 5.75 Å². The van der Waals surface area contributed by atoms with E-state index in [-0.39, 0.29) is 58.0 Å². The molecule has 0 aromatic heterocycles. The SMILES string of the molecule is Fc1ccc([B-](F)(F)F)c(OCc2ccccc2)c1.[K+]. The van der Waals surface area contributed by atoms with Crippen molar-refractivity contribution >= 4 is 12.4 Å². The summed E-state index contributed by atoms with van der Waals surface area (Å²) in [6.45, 7) is -5.27. The minimum absolute atomic E-state index is 0. The Bertz CT molecular complexity index is 560. The zero-order valence-corrected chi connectivity index (χ0v) is 13.9. The molecule has 0 atom stereocenters. The van der Waals surface area contributed by atoms with Gasteiger partial charge in [-0.2, -0.15) is 0 Å². The third kappa shape index (κ3) is 4.89. The number of hydrogen-bond donors (Lipinski definition) is 0. The summed E-state index contributed by atoms with van der Waals surface area (Å²) < 4.78 is 56.4. The van der Waals surface area contributed by atoms with Gasteiger partial charge in [-0.3, -0.25) is 0 Å². The molecule has 0 unspecified atom stereocenters. The van der Waals surface area contributed by atoms with E-state index in [4.69, 9.17) is 4.74 Å². The summed E-state index contributed by atoms with van der Waals surface area (Å²) in [5, 5.41) is 0. The molecule has 2 rings (SSSR count). The molecule has 1 nitrogen and oxygen atoms in total. The molecule has 0 saturated heterocycles. The van der Waals surface area contributed by atoms with Gasteiger partial charge in [0, 0.05) is 6.07 Å². The van der Waals surface area contributed by atoms with Crippen LogP contribution < -0.4 is 61.6 Å². The summed E-state index contributed by atoms with van der Waals surface area (Å²) in [6.07, 6.45) is 0. The number of ether oxygens (including phenoxy) is 1. The molecule has 0 aliphatic rings.